The number of nitrogens with zero attached hydrogens (tertiary/aromatic N) is 2. The highest BCUT2D eigenvalue weighted by molar-refractivity contribution is 9.10. The number of halogens is 2. The van der Waals surface area contributed by atoms with Crippen LogP contribution in [0.15, 0.2) is 41.0 Å². The van der Waals surface area contributed by atoms with E-state index >= 15 is 0 Å². The van der Waals surface area contributed by atoms with Crippen LogP contribution >= 0.6 is 15.9 Å². The lowest BCUT2D eigenvalue weighted by molar-refractivity contribution is 0.628. The molecule has 0 fully saturated rings. The summed E-state index contributed by atoms with van der Waals surface area (Å²) in [6, 6.07) is 10.7. The monoisotopic (exact) mass is 292 g/mol. The van der Waals surface area contributed by atoms with Gasteiger partial charge in [0.25, 0.3) is 0 Å². The van der Waals surface area contributed by atoms with Crippen molar-refractivity contribution in [1.29, 1.82) is 0 Å². The van der Waals surface area contributed by atoms with Crippen LogP contribution in [-0.2, 0) is 6.42 Å². The van der Waals surface area contributed by atoms with Crippen LogP contribution in [0.1, 0.15) is 5.56 Å². The molecule has 0 unspecified atom stereocenters. The van der Waals surface area contributed by atoms with E-state index in [-0.39, 0.29) is 5.82 Å². The van der Waals surface area contributed by atoms with Gasteiger partial charge in [0.05, 0.1) is 0 Å². The topological polar surface area (TPSA) is 16.1 Å². The van der Waals surface area contributed by atoms with Gasteiger partial charge in [-0.25, -0.2) is 9.37 Å². The minimum absolute atomic E-state index is 0.203. The number of pyridine rings is 1. The zero-order chi connectivity index (χ0) is 11.8. The Balaban J connectivity index is 2.06. The fraction of sp³-hybridized carbons (Fsp3) is 0.154. The molecule has 0 atom stereocenters. The summed E-state index contributed by atoms with van der Waals surface area (Å²) < 4.78 is 14.1. The highest BCUT2D eigenvalue weighted by Gasteiger charge is 2.21. The molecular weight excluding hydrogens is 283 g/mol. The molecule has 2 aromatic rings. The largest absolute Gasteiger partial charge is 0.326 e. The summed E-state index contributed by atoms with van der Waals surface area (Å²) >= 11 is 3.35. The van der Waals surface area contributed by atoms with Crippen LogP contribution in [0.5, 0.6) is 0 Å². The number of aromatic nitrogens is 1. The third-order valence-electron chi connectivity index (χ3n) is 2.92. The van der Waals surface area contributed by atoms with Gasteiger partial charge in [0.1, 0.15) is 16.2 Å². The molecule has 0 aliphatic carbocycles. The van der Waals surface area contributed by atoms with Gasteiger partial charge < -0.3 is 4.90 Å². The molecule has 2 heterocycles. The van der Waals surface area contributed by atoms with Crippen molar-refractivity contribution >= 4 is 27.4 Å². The van der Waals surface area contributed by atoms with Crippen LogP contribution in [0.4, 0.5) is 15.9 Å². The Kier molecular flexibility index (Phi) is 2.59. The Morgan fingerprint density at radius 1 is 1.24 bits per heavy atom. The van der Waals surface area contributed by atoms with Gasteiger partial charge >= 0.3 is 0 Å². The first-order valence-electron chi connectivity index (χ1n) is 5.42. The zero-order valence-corrected chi connectivity index (χ0v) is 10.6. The van der Waals surface area contributed by atoms with Crippen LogP contribution in [0.3, 0.4) is 0 Å². The molecule has 0 bridgehead atoms. The number of rotatable bonds is 1. The molecule has 1 aliphatic heterocycles. The molecule has 2 nitrogen and oxygen atoms in total. The van der Waals surface area contributed by atoms with Crippen LogP contribution in [-0.4, -0.2) is 11.5 Å². The second-order valence-electron chi connectivity index (χ2n) is 3.99. The average Bonchev–Trinajstić information content (AvgIpc) is 2.71. The minimum atomic E-state index is -0.203. The van der Waals surface area contributed by atoms with Crippen molar-refractivity contribution in [3.63, 3.8) is 0 Å². The first kappa shape index (κ1) is 10.7. The predicted octanol–water partition coefficient (Wildman–Crippen LogP) is 3.68. The second-order valence-corrected chi connectivity index (χ2v) is 4.81. The maximum absolute atomic E-state index is 13.3. The van der Waals surface area contributed by atoms with E-state index < -0.39 is 0 Å². The van der Waals surface area contributed by atoms with E-state index in [9.17, 15) is 4.39 Å². The Morgan fingerprint density at radius 3 is 2.94 bits per heavy atom. The quantitative estimate of drug-likeness (QED) is 0.746. The van der Waals surface area contributed by atoms with Gasteiger partial charge in [-0.15, -0.1) is 0 Å². The molecule has 0 saturated carbocycles. The zero-order valence-electron chi connectivity index (χ0n) is 9.03. The Bertz CT molecular complexity index is 571. The molecule has 1 aromatic carbocycles. The van der Waals surface area contributed by atoms with Crippen molar-refractivity contribution in [2.45, 2.75) is 6.42 Å². The molecule has 0 spiro atoms. The summed E-state index contributed by atoms with van der Waals surface area (Å²) in [4.78, 5) is 6.45. The lowest BCUT2D eigenvalue weighted by Gasteiger charge is -2.18. The molecule has 1 aliphatic rings. The van der Waals surface area contributed by atoms with E-state index in [0.717, 1.165) is 29.1 Å². The Hall–Kier alpha value is -1.42. The maximum Gasteiger partial charge on any atom is 0.134 e. The third kappa shape index (κ3) is 1.93. The molecule has 0 amide bonds. The molecule has 17 heavy (non-hydrogen) atoms. The Morgan fingerprint density at radius 2 is 2.12 bits per heavy atom. The summed E-state index contributed by atoms with van der Waals surface area (Å²) in [6.45, 7) is 0.849. The van der Waals surface area contributed by atoms with Crippen molar-refractivity contribution in [3.8, 4) is 0 Å². The van der Waals surface area contributed by atoms with E-state index in [4.69, 9.17) is 0 Å². The van der Waals surface area contributed by atoms with Gasteiger partial charge in [0, 0.05) is 12.2 Å². The standard InChI is InChI=1S/C13H10BrFN2/c14-12-2-1-3-13(16-12)17-7-6-9-4-5-10(15)8-11(9)17/h1-5,8H,6-7H2. The van der Waals surface area contributed by atoms with E-state index in [2.05, 4.69) is 20.9 Å². The fourth-order valence-electron chi connectivity index (χ4n) is 2.14. The highest BCUT2D eigenvalue weighted by Crippen LogP contribution is 2.34. The van der Waals surface area contributed by atoms with E-state index in [1.165, 1.54) is 11.6 Å². The summed E-state index contributed by atoms with van der Waals surface area (Å²) in [5.74, 6) is 0.648. The van der Waals surface area contributed by atoms with Crippen molar-refractivity contribution in [2.75, 3.05) is 11.4 Å². The van der Waals surface area contributed by atoms with Gasteiger partial charge in [0.15, 0.2) is 0 Å². The first-order valence-corrected chi connectivity index (χ1v) is 6.22. The number of hydrogen-bond acceptors (Lipinski definition) is 2. The lowest BCUT2D eigenvalue weighted by atomic mass is 10.2. The molecule has 0 radical (unpaired) electrons. The number of benzene rings is 1. The molecule has 0 saturated heterocycles. The van der Waals surface area contributed by atoms with Crippen LogP contribution in [0, 0.1) is 5.82 Å². The second kappa shape index (κ2) is 4.11. The van der Waals surface area contributed by atoms with E-state index in [0.29, 0.717) is 0 Å². The maximum atomic E-state index is 13.3. The molecule has 4 heteroatoms. The van der Waals surface area contributed by atoms with Gasteiger partial charge in [-0.05, 0) is 52.2 Å². The van der Waals surface area contributed by atoms with Crippen molar-refractivity contribution in [1.82, 2.24) is 4.98 Å². The molecule has 3 rings (SSSR count). The summed E-state index contributed by atoms with van der Waals surface area (Å²) in [5.41, 5.74) is 2.10. The van der Waals surface area contributed by atoms with E-state index in [1.807, 2.05) is 29.2 Å². The van der Waals surface area contributed by atoms with Gasteiger partial charge in [-0.3, -0.25) is 0 Å². The van der Waals surface area contributed by atoms with Crippen LogP contribution < -0.4 is 4.90 Å². The molecular formula is C13H10BrFN2. The SMILES string of the molecule is Fc1ccc2c(c1)N(c1cccc(Br)n1)CC2. The van der Waals surface area contributed by atoms with Crippen molar-refractivity contribution < 1.29 is 4.39 Å². The molecule has 86 valence electrons. The van der Waals surface area contributed by atoms with Crippen molar-refractivity contribution in [3.05, 3.63) is 52.4 Å². The minimum Gasteiger partial charge on any atom is -0.326 e. The van der Waals surface area contributed by atoms with Gasteiger partial charge in [-0.1, -0.05) is 12.1 Å². The number of anilines is 2. The van der Waals surface area contributed by atoms with Gasteiger partial charge in [-0.2, -0.15) is 0 Å². The number of hydrogen-bond donors (Lipinski definition) is 0. The third-order valence-corrected chi connectivity index (χ3v) is 3.36. The van der Waals surface area contributed by atoms with Gasteiger partial charge in [0.2, 0.25) is 0 Å². The highest BCUT2D eigenvalue weighted by atomic mass is 79.9. The average molecular weight is 293 g/mol. The van der Waals surface area contributed by atoms with E-state index in [1.54, 1.807) is 6.07 Å². The Labute approximate surface area is 107 Å². The smallest absolute Gasteiger partial charge is 0.134 e. The summed E-state index contributed by atoms with van der Waals surface area (Å²) in [7, 11) is 0. The number of fused-ring (bicyclic) bond motifs is 1. The summed E-state index contributed by atoms with van der Waals surface area (Å²) in [6.07, 6.45) is 0.934. The van der Waals surface area contributed by atoms with Crippen LogP contribution in [0.2, 0.25) is 0 Å². The predicted molar refractivity (Wildman–Crippen MR) is 69.0 cm³/mol. The van der Waals surface area contributed by atoms with Crippen molar-refractivity contribution in [2.24, 2.45) is 0 Å². The lowest BCUT2D eigenvalue weighted by Crippen LogP contribution is -2.14. The first-order chi connectivity index (χ1) is 8.24. The molecule has 1 aromatic heterocycles. The fourth-order valence-corrected chi connectivity index (χ4v) is 2.47. The normalized spacial score (nSPS) is 13.9. The summed E-state index contributed by atoms with van der Waals surface area (Å²) in [5, 5.41) is 0. The molecule has 0 N–H and O–H groups in total. The van der Waals surface area contributed by atoms with Crippen LogP contribution in [0.25, 0.3) is 0 Å².